The fourth-order valence-electron chi connectivity index (χ4n) is 4.79. The Morgan fingerprint density at radius 1 is 1.00 bits per heavy atom. The fourth-order valence-corrected chi connectivity index (χ4v) is 4.79. The van der Waals surface area contributed by atoms with Crippen molar-refractivity contribution in [3.8, 4) is 0 Å². The first-order valence-corrected chi connectivity index (χ1v) is 8.82. The van der Waals surface area contributed by atoms with E-state index in [4.69, 9.17) is 0 Å². The Kier molecular flexibility index (Phi) is 3.35. The van der Waals surface area contributed by atoms with Crippen molar-refractivity contribution in [1.82, 2.24) is 10.2 Å². The number of nitrogens with one attached hydrogen (secondary N) is 1. The van der Waals surface area contributed by atoms with Crippen molar-refractivity contribution in [2.45, 2.75) is 63.3 Å². The van der Waals surface area contributed by atoms with E-state index in [1.165, 1.54) is 58.3 Å². The molecule has 3 saturated carbocycles. The molecule has 0 radical (unpaired) electrons. The second-order valence-corrected chi connectivity index (χ2v) is 7.84. The predicted octanol–water partition coefficient (Wildman–Crippen LogP) is 3.03. The zero-order valence-electron chi connectivity index (χ0n) is 12.4. The van der Waals surface area contributed by atoms with E-state index in [0.717, 1.165) is 17.8 Å². The van der Waals surface area contributed by atoms with Crippen molar-refractivity contribution in [1.29, 1.82) is 0 Å². The predicted molar refractivity (Wildman–Crippen MR) is 79.2 cm³/mol. The summed E-state index contributed by atoms with van der Waals surface area (Å²) in [6.45, 7) is 5.32. The fraction of sp³-hybridized carbons (Fsp3) is 1.00. The van der Waals surface area contributed by atoms with Crippen LogP contribution >= 0.6 is 0 Å². The van der Waals surface area contributed by atoms with Crippen molar-refractivity contribution in [3.05, 3.63) is 0 Å². The molecule has 1 saturated heterocycles. The van der Waals surface area contributed by atoms with Crippen LogP contribution in [0.3, 0.4) is 0 Å². The van der Waals surface area contributed by atoms with Gasteiger partial charge < -0.3 is 5.32 Å². The highest BCUT2D eigenvalue weighted by Gasteiger charge is 2.43. The first-order chi connectivity index (χ1) is 9.35. The number of hydrogen-bond donors (Lipinski definition) is 1. The van der Waals surface area contributed by atoms with Gasteiger partial charge in [0.1, 0.15) is 0 Å². The van der Waals surface area contributed by atoms with Gasteiger partial charge in [-0.05, 0) is 56.3 Å². The Hall–Kier alpha value is -0.0800. The lowest BCUT2D eigenvalue weighted by Crippen LogP contribution is -2.61. The van der Waals surface area contributed by atoms with Crippen LogP contribution in [0.5, 0.6) is 0 Å². The molecule has 3 aliphatic carbocycles. The summed E-state index contributed by atoms with van der Waals surface area (Å²) in [6.07, 6.45) is 13.4. The van der Waals surface area contributed by atoms with Crippen molar-refractivity contribution in [2.75, 3.05) is 26.2 Å². The molecule has 0 amide bonds. The van der Waals surface area contributed by atoms with Crippen molar-refractivity contribution < 1.29 is 0 Å². The standard InChI is InChI=1S/C17H30N2/c1-2-8-17(9-3-1)13-19(11-10-18-17)12-16(14-4-5-14)15-6-7-15/h14-16,18H,1-13H2. The maximum absolute atomic E-state index is 3.89. The number of piperazine rings is 1. The SMILES string of the molecule is C1CCC2(CC1)CN(CC(C1CC1)C1CC1)CCN2. The van der Waals surface area contributed by atoms with Gasteiger partial charge in [0.05, 0.1) is 0 Å². The lowest BCUT2D eigenvalue weighted by Gasteiger charge is -2.47. The number of hydrogen-bond acceptors (Lipinski definition) is 2. The molecule has 4 fully saturated rings. The second-order valence-electron chi connectivity index (χ2n) is 7.84. The van der Waals surface area contributed by atoms with Gasteiger partial charge in [-0.15, -0.1) is 0 Å². The highest BCUT2D eigenvalue weighted by molar-refractivity contribution is 4.99. The molecule has 0 aromatic rings. The zero-order valence-corrected chi connectivity index (χ0v) is 12.4. The van der Waals surface area contributed by atoms with Crippen LogP contribution in [0.1, 0.15) is 57.8 Å². The van der Waals surface area contributed by atoms with E-state index in [9.17, 15) is 0 Å². The van der Waals surface area contributed by atoms with Crippen LogP contribution in [0.15, 0.2) is 0 Å². The Morgan fingerprint density at radius 3 is 2.32 bits per heavy atom. The van der Waals surface area contributed by atoms with Crippen LogP contribution in [0.25, 0.3) is 0 Å². The van der Waals surface area contributed by atoms with Crippen molar-refractivity contribution in [3.63, 3.8) is 0 Å². The Labute approximate surface area is 118 Å². The van der Waals surface area contributed by atoms with Crippen LogP contribution in [0.4, 0.5) is 0 Å². The average molecular weight is 262 g/mol. The van der Waals surface area contributed by atoms with Gasteiger partial charge in [0, 0.05) is 31.7 Å². The minimum absolute atomic E-state index is 0.508. The van der Waals surface area contributed by atoms with Crippen LogP contribution in [-0.4, -0.2) is 36.6 Å². The third-order valence-corrected chi connectivity index (χ3v) is 6.19. The highest BCUT2D eigenvalue weighted by atomic mass is 15.2. The molecule has 108 valence electrons. The van der Waals surface area contributed by atoms with Crippen LogP contribution in [0.2, 0.25) is 0 Å². The third kappa shape index (κ3) is 2.85. The minimum Gasteiger partial charge on any atom is -0.309 e. The lowest BCUT2D eigenvalue weighted by molar-refractivity contribution is 0.0807. The number of rotatable bonds is 4. The third-order valence-electron chi connectivity index (χ3n) is 6.19. The molecule has 1 spiro atoms. The van der Waals surface area contributed by atoms with Crippen LogP contribution in [0, 0.1) is 17.8 Å². The second kappa shape index (κ2) is 5.04. The molecule has 4 rings (SSSR count). The summed E-state index contributed by atoms with van der Waals surface area (Å²) in [5, 5.41) is 3.89. The van der Waals surface area contributed by atoms with E-state index in [1.807, 2.05) is 0 Å². The molecule has 0 aromatic carbocycles. The molecule has 2 nitrogen and oxygen atoms in total. The molecule has 1 aliphatic heterocycles. The largest absolute Gasteiger partial charge is 0.309 e. The normalized spacial score (nSPS) is 32.1. The molecular formula is C17H30N2. The van der Waals surface area contributed by atoms with Gasteiger partial charge in [-0.2, -0.15) is 0 Å². The quantitative estimate of drug-likeness (QED) is 0.838. The molecule has 0 bridgehead atoms. The van der Waals surface area contributed by atoms with E-state index in [1.54, 1.807) is 25.7 Å². The lowest BCUT2D eigenvalue weighted by atomic mass is 9.80. The van der Waals surface area contributed by atoms with Crippen LogP contribution in [-0.2, 0) is 0 Å². The summed E-state index contributed by atoms with van der Waals surface area (Å²) in [6, 6.07) is 0. The molecule has 1 N–H and O–H groups in total. The Morgan fingerprint density at radius 2 is 1.68 bits per heavy atom. The first kappa shape index (κ1) is 12.6. The summed E-state index contributed by atoms with van der Waals surface area (Å²) in [5.41, 5.74) is 0.508. The molecular weight excluding hydrogens is 232 g/mol. The van der Waals surface area contributed by atoms with Gasteiger partial charge in [-0.25, -0.2) is 0 Å². The molecule has 1 heterocycles. The van der Waals surface area contributed by atoms with E-state index >= 15 is 0 Å². The van der Waals surface area contributed by atoms with E-state index in [0.29, 0.717) is 5.54 Å². The van der Waals surface area contributed by atoms with Crippen molar-refractivity contribution >= 4 is 0 Å². The van der Waals surface area contributed by atoms with Crippen molar-refractivity contribution in [2.24, 2.45) is 17.8 Å². The topological polar surface area (TPSA) is 15.3 Å². The number of nitrogens with zero attached hydrogens (tertiary/aromatic N) is 1. The summed E-state index contributed by atoms with van der Waals surface area (Å²) in [5.74, 6) is 3.30. The maximum Gasteiger partial charge on any atom is 0.0309 e. The average Bonchev–Trinajstić information content (AvgIpc) is 3.29. The Bertz CT molecular complexity index is 296. The summed E-state index contributed by atoms with van der Waals surface area (Å²) >= 11 is 0. The maximum atomic E-state index is 3.89. The van der Waals surface area contributed by atoms with E-state index in [2.05, 4.69) is 10.2 Å². The highest BCUT2D eigenvalue weighted by Crippen LogP contribution is 2.49. The van der Waals surface area contributed by atoms with E-state index in [-0.39, 0.29) is 0 Å². The minimum atomic E-state index is 0.508. The molecule has 0 aromatic heterocycles. The van der Waals surface area contributed by atoms with Gasteiger partial charge in [0.2, 0.25) is 0 Å². The molecule has 2 heteroatoms. The van der Waals surface area contributed by atoms with Gasteiger partial charge in [0.15, 0.2) is 0 Å². The van der Waals surface area contributed by atoms with Gasteiger partial charge in [0.25, 0.3) is 0 Å². The molecule has 19 heavy (non-hydrogen) atoms. The van der Waals surface area contributed by atoms with Gasteiger partial charge >= 0.3 is 0 Å². The van der Waals surface area contributed by atoms with Gasteiger partial charge in [-0.3, -0.25) is 4.90 Å². The first-order valence-electron chi connectivity index (χ1n) is 8.82. The monoisotopic (exact) mass is 262 g/mol. The molecule has 0 atom stereocenters. The summed E-state index contributed by atoms with van der Waals surface area (Å²) in [4.78, 5) is 2.84. The zero-order chi connectivity index (χ0) is 12.7. The smallest absolute Gasteiger partial charge is 0.0309 e. The molecule has 0 unspecified atom stereocenters. The van der Waals surface area contributed by atoms with E-state index < -0.39 is 0 Å². The Balaban J connectivity index is 1.37. The summed E-state index contributed by atoms with van der Waals surface area (Å²) < 4.78 is 0. The molecule has 4 aliphatic rings. The van der Waals surface area contributed by atoms with Gasteiger partial charge in [-0.1, -0.05) is 19.3 Å². The summed E-state index contributed by atoms with van der Waals surface area (Å²) in [7, 11) is 0. The van der Waals surface area contributed by atoms with Crippen LogP contribution < -0.4 is 5.32 Å².